The largest absolute Gasteiger partial charge is 0.493 e. The maximum Gasteiger partial charge on any atom is 0.340 e. The van der Waals surface area contributed by atoms with E-state index < -0.39 is 11.9 Å². The number of benzene rings is 2. The van der Waals surface area contributed by atoms with Gasteiger partial charge in [-0.25, -0.2) is 4.79 Å². The zero-order chi connectivity index (χ0) is 24.4. The van der Waals surface area contributed by atoms with Gasteiger partial charge < -0.3 is 24.7 Å². The second-order valence-electron chi connectivity index (χ2n) is 8.23. The van der Waals surface area contributed by atoms with Crippen molar-refractivity contribution in [3.8, 4) is 11.5 Å². The van der Waals surface area contributed by atoms with Crippen molar-refractivity contribution in [3.05, 3.63) is 80.3 Å². The summed E-state index contributed by atoms with van der Waals surface area (Å²) in [5, 5.41) is 0. The molecule has 1 heterocycles. The van der Waals surface area contributed by atoms with Crippen LogP contribution in [0.25, 0.3) is 0 Å². The Bertz CT molecular complexity index is 1200. The molecule has 2 aliphatic rings. The van der Waals surface area contributed by atoms with Gasteiger partial charge in [0.2, 0.25) is 5.88 Å². The van der Waals surface area contributed by atoms with Gasteiger partial charge >= 0.3 is 5.97 Å². The molecule has 1 atom stereocenters. The van der Waals surface area contributed by atoms with Crippen LogP contribution in [0.2, 0.25) is 0 Å². The summed E-state index contributed by atoms with van der Waals surface area (Å²) in [5.41, 5.74) is 9.49. The second kappa shape index (κ2) is 9.93. The smallest absolute Gasteiger partial charge is 0.340 e. The minimum atomic E-state index is -0.736. The molecular weight excluding hydrogens is 502 g/mol. The van der Waals surface area contributed by atoms with Crippen molar-refractivity contribution in [2.24, 2.45) is 5.73 Å². The van der Waals surface area contributed by atoms with Crippen LogP contribution in [0.4, 0.5) is 0 Å². The fraction of sp³-hybridized carbons (Fsp3) is 0.308. The molecule has 0 radical (unpaired) electrons. The van der Waals surface area contributed by atoms with E-state index in [1.165, 1.54) is 19.8 Å². The zero-order valence-electron chi connectivity index (χ0n) is 19.3. The van der Waals surface area contributed by atoms with Gasteiger partial charge in [0.1, 0.15) is 17.9 Å². The molecule has 0 amide bonds. The predicted octanol–water partition coefficient (Wildman–Crippen LogP) is 4.81. The van der Waals surface area contributed by atoms with Gasteiger partial charge in [0.15, 0.2) is 17.3 Å². The van der Waals surface area contributed by atoms with Crippen molar-refractivity contribution < 1.29 is 28.5 Å². The predicted molar refractivity (Wildman–Crippen MR) is 129 cm³/mol. The third-order valence-corrected chi connectivity index (χ3v) is 6.57. The van der Waals surface area contributed by atoms with Crippen LogP contribution in [-0.2, 0) is 25.7 Å². The van der Waals surface area contributed by atoms with E-state index in [1.54, 1.807) is 6.07 Å². The highest BCUT2D eigenvalue weighted by molar-refractivity contribution is 9.10. The fourth-order valence-electron chi connectivity index (χ4n) is 4.28. The molecule has 2 aromatic rings. The molecular formula is C26H26BrNO6. The number of carbonyl (C=O) groups is 2. The van der Waals surface area contributed by atoms with Crippen LogP contribution >= 0.6 is 15.9 Å². The monoisotopic (exact) mass is 527 g/mol. The maximum absolute atomic E-state index is 12.9. The second-order valence-corrected chi connectivity index (χ2v) is 9.08. The van der Waals surface area contributed by atoms with Crippen LogP contribution in [0.3, 0.4) is 0 Å². The normalized spacial score (nSPS) is 17.8. The van der Waals surface area contributed by atoms with Gasteiger partial charge in [-0.05, 0) is 52.5 Å². The molecule has 0 fully saturated rings. The van der Waals surface area contributed by atoms with E-state index in [1.807, 2.05) is 37.3 Å². The summed E-state index contributed by atoms with van der Waals surface area (Å²) in [6.45, 7) is 2.38. The summed E-state index contributed by atoms with van der Waals surface area (Å²) in [5.74, 6) is -0.0467. The summed E-state index contributed by atoms with van der Waals surface area (Å²) < 4.78 is 23.0. The molecule has 34 heavy (non-hydrogen) atoms. The van der Waals surface area contributed by atoms with Crippen molar-refractivity contribution in [1.29, 1.82) is 0 Å². The number of aryl methyl sites for hydroxylation is 1. The lowest BCUT2D eigenvalue weighted by Gasteiger charge is -2.32. The number of hydrogen-bond donors (Lipinski definition) is 1. The Balaban J connectivity index is 1.76. The van der Waals surface area contributed by atoms with E-state index in [0.29, 0.717) is 58.7 Å². The van der Waals surface area contributed by atoms with Crippen molar-refractivity contribution >= 4 is 27.7 Å². The van der Waals surface area contributed by atoms with Crippen LogP contribution < -0.4 is 15.2 Å². The molecule has 0 unspecified atom stereocenters. The molecule has 178 valence electrons. The first kappa shape index (κ1) is 23.9. The minimum Gasteiger partial charge on any atom is -0.493 e. The number of esters is 1. The molecule has 0 aromatic heterocycles. The highest BCUT2D eigenvalue weighted by atomic mass is 79.9. The van der Waals surface area contributed by atoms with Gasteiger partial charge in [-0.15, -0.1) is 0 Å². The summed E-state index contributed by atoms with van der Waals surface area (Å²) in [4.78, 5) is 25.6. The first-order valence-corrected chi connectivity index (χ1v) is 11.7. The van der Waals surface area contributed by atoms with Gasteiger partial charge in [-0.3, -0.25) is 4.79 Å². The van der Waals surface area contributed by atoms with Crippen LogP contribution in [0.15, 0.2) is 63.7 Å². The first-order valence-electron chi connectivity index (χ1n) is 10.9. The molecule has 0 saturated carbocycles. The summed E-state index contributed by atoms with van der Waals surface area (Å²) in [6, 6.07) is 11.6. The summed E-state index contributed by atoms with van der Waals surface area (Å²) in [6.07, 6.45) is 1.62. The Morgan fingerprint density at radius 2 is 1.91 bits per heavy atom. The quantitative estimate of drug-likeness (QED) is 0.538. The van der Waals surface area contributed by atoms with Crippen LogP contribution in [0.5, 0.6) is 11.5 Å². The number of Topliss-reactive ketones (excluding diaryl/α,β-unsaturated/α-hetero) is 1. The SMILES string of the molecule is COC(=O)C1=C(N)OC2=C(C(=O)CCC2)[C@@H]1c1cc(Br)c(OCc2ccc(C)cc2)c(OC)c1. The van der Waals surface area contributed by atoms with Gasteiger partial charge in [-0.2, -0.15) is 0 Å². The Labute approximate surface area is 206 Å². The average molecular weight is 528 g/mol. The number of halogens is 1. The highest BCUT2D eigenvalue weighted by Gasteiger charge is 2.41. The molecule has 7 nitrogen and oxygen atoms in total. The number of allylic oxidation sites excluding steroid dienone is 2. The van der Waals surface area contributed by atoms with Crippen molar-refractivity contribution in [2.45, 2.75) is 38.7 Å². The molecule has 1 aliphatic heterocycles. The van der Waals surface area contributed by atoms with Gasteiger partial charge in [0, 0.05) is 18.4 Å². The molecule has 0 spiro atoms. The highest BCUT2D eigenvalue weighted by Crippen LogP contribution is 2.47. The molecule has 1 aliphatic carbocycles. The van der Waals surface area contributed by atoms with Crippen molar-refractivity contribution in [1.82, 2.24) is 0 Å². The van der Waals surface area contributed by atoms with Crippen molar-refractivity contribution in [2.75, 3.05) is 14.2 Å². The van der Waals surface area contributed by atoms with E-state index in [2.05, 4.69) is 15.9 Å². The molecule has 4 rings (SSSR count). The lowest BCUT2D eigenvalue weighted by atomic mass is 9.77. The summed E-state index contributed by atoms with van der Waals surface area (Å²) in [7, 11) is 2.81. The topological polar surface area (TPSA) is 97.1 Å². The molecule has 2 N–H and O–H groups in total. The maximum atomic E-state index is 12.9. The Hall–Kier alpha value is -3.26. The Morgan fingerprint density at radius 1 is 1.18 bits per heavy atom. The Kier molecular flexibility index (Phi) is 6.97. The first-order chi connectivity index (χ1) is 16.3. The van der Waals surface area contributed by atoms with E-state index in [9.17, 15) is 9.59 Å². The minimum absolute atomic E-state index is 0.0555. The van der Waals surface area contributed by atoms with Crippen LogP contribution in [-0.4, -0.2) is 26.0 Å². The zero-order valence-corrected chi connectivity index (χ0v) is 20.9. The summed E-state index contributed by atoms with van der Waals surface area (Å²) >= 11 is 3.58. The van der Waals surface area contributed by atoms with E-state index in [0.717, 1.165) is 5.56 Å². The lowest BCUT2D eigenvalue weighted by Crippen LogP contribution is -2.31. The average Bonchev–Trinajstić information content (AvgIpc) is 2.82. The third-order valence-electron chi connectivity index (χ3n) is 5.98. The van der Waals surface area contributed by atoms with Crippen LogP contribution in [0, 0.1) is 6.92 Å². The number of carbonyl (C=O) groups excluding carboxylic acids is 2. The van der Waals surface area contributed by atoms with E-state index >= 15 is 0 Å². The fourth-order valence-corrected chi connectivity index (χ4v) is 4.86. The molecule has 2 aromatic carbocycles. The number of hydrogen-bond acceptors (Lipinski definition) is 7. The van der Waals surface area contributed by atoms with Gasteiger partial charge in [-0.1, -0.05) is 29.8 Å². The standard InChI is InChI=1S/C26H26BrNO6/c1-14-7-9-15(10-8-14)13-33-24-17(27)11-16(12-20(24)31-2)21-22-18(29)5-4-6-19(22)34-25(28)23(21)26(30)32-3/h7-12,21H,4-6,13,28H2,1-3H3/t21-/m0/s1. The molecule has 8 heteroatoms. The van der Waals surface area contributed by atoms with Gasteiger partial charge in [0.25, 0.3) is 0 Å². The number of ketones is 1. The van der Waals surface area contributed by atoms with Crippen LogP contribution in [0.1, 0.15) is 41.9 Å². The molecule has 0 saturated heterocycles. The number of methoxy groups -OCH3 is 2. The van der Waals surface area contributed by atoms with E-state index in [-0.39, 0.29) is 17.2 Å². The van der Waals surface area contributed by atoms with E-state index in [4.69, 9.17) is 24.7 Å². The Morgan fingerprint density at radius 3 is 2.59 bits per heavy atom. The number of rotatable bonds is 6. The number of ether oxygens (including phenoxy) is 4. The lowest BCUT2D eigenvalue weighted by molar-refractivity contribution is -0.136. The van der Waals surface area contributed by atoms with Gasteiger partial charge in [0.05, 0.1) is 24.6 Å². The van der Waals surface area contributed by atoms with Crippen molar-refractivity contribution in [3.63, 3.8) is 0 Å². The third kappa shape index (κ3) is 4.55. The number of nitrogens with two attached hydrogens (primary N) is 1. The molecule has 0 bridgehead atoms.